The first-order valence-corrected chi connectivity index (χ1v) is 12.0. The fraction of sp³-hybridized carbons (Fsp3) is 0.583. The fourth-order valence-electron chi connectivity index (χ4n) is 4.51. The van der Waals surface area contributed by atoms with Crippen LogP contribution in [0, 0.1) is 0 Å². The molecule has 34 heavy (non-hydrogen) atoms. The number of urea groups is 1. The van der Waals surface area contributed by atoms with E-state index in [1.165, 1.54) is 0 Å². The highest BCUT2D eigenvalue weighted by Crippen LogP contribution is 2.39. The molecular formula is C24H35N5O5. The largest absolute Gasteiger partial charge is 0.465 e. The third-order valence-corrected chi connectivity index (χ3v) is 6.34. The van der Waals surface area contributed by atoms with Crippen molar-refractivity contribution in [3.63, 3.8) is 0 Å². The number of anilines is 1. The molecule has 0 aliphatic carbocycles. The van der Waals surface area contributed by atoms with Crippen LogP contribution in [0.4, 0.5) is 10.5 Å². The maximum atomic E-state index is 13.6. The van der Waals surface area contributed by atoms with Crippen LogP contribution in [-0.2, 0) is 19.1 Å². The first kappa shape index (κ1) is 25.3. The van der Waals surface area contributed by atoms with E-state index in [0.717, 1.165) is 18.5 Å². The van der Waals surface area contributed by atoms with Gasteiger partial charge in [0.05, 0.1) is 13.3 Å². The van der Waals surface area contributed by atoms with Crippen molar-refractivity contribution in [1.82, 2.24) is 20.4 Å². The highest BCUT2D eigenvalue weighted by atomic mass is 16.5. The highest BCUT2D eigenvalue weighted by Gasteiger charge is 2.54. The van der Waals surface area contributed by atoms with Gasteiger partial charge < -0.3 is 30.1 Å². The van der Waals surface area contributed by atoms with Gasteiger partial charge in [0.1, 0.15) is 18.6 Å². The maximum Gasteiger partial charge on any atom is 0.325 e. The minimum Gasteiger partial charge on any atom is -0.465 e. The lowest BCUT2D eigenvalue weighted by molar-refractivity contribution is -0.141. The van der Waals surface area contributed by atoms with E-state index < -0.39 is 11.5 Å². The van der Waals surface area contributed by atoms with E-state index in [9.17, 15) is 19.2 Å². The van der Waals surface area contributed by atoms with Gasteiger partial charge in [0, 0.05) is 25.3 Å². The number of benzene rings is 1. The van der Waals surface area contributed by atoms with Crippen LogP contribution in [0.2, 0.25) is 0 Å². The summed E-state index contributed by atoms with van der Waals surface area (Å²) in [6, 6.07) is 9.32. The van der Waals surface area contributed by atoms with Crippen molar-refractivity contribution in [1.29, 1.82) is 0 Å². The van der Waals surface area contributed by atoms with Crippen LogP contribution in [0.25, 0.3) is 0 Å². The lowest BCUT2D eigenvalue weighted by atomic mass is 9.85. The number of piperidine rings is 1. The summed E-state index contributed by atoms with van der Waals surface area (Å²) in [7, 11) is 0. The first-order valence-electron chi connectivity index (χ1n) is 12.0. The van der Waals surface area contributed by atoms with Gasteiger partial charge in [0.25, 0.3) is 5.91 Å². The molecule has 2 N–H and O–H groups in total. The monoisotopic (exact) mass is 473 g/mol. The number of hydrogen-bond acceptors (Lipinski definition) is 6. The van der Waals surface area contributed by atoms with Gasteiger partial charge in [-0.1, -0.05) is 31.5 Å². The van der Waals surface area contributed by atoms with Gasteiger partial charge in [-0.3, -0.25) is 14.4 Å². The highest BCUT2D eigenvalue weighted by molar-refractivity contribution is 5.96. The Balaban J connectivity index is 1.69. The number of carbonyl (C=O) groups is 4. The molecule has 4 amide bonds. The Hall–Kier alpha value is -3.30. The van der Waals surface area contributed by atoms with Crippen LogP contribution in [-0.4, -0.2) is 85.2 Å². The van der Waals surface area contributed by atoms with E-state index in [1.54, 1.807) is 16.7 Å². The van der Waals surface area contributed by atoms with Crippen molar-refractivity contribution in [2.45, 2.75) is 45.1 Å². The number of rotatable bonds is 9. The van der Waals surface area contributed by atoms with Crippen molar-refractivity contribution in [2.75, 3.05) is 50.9 Å². The molecule has 1 aromatic carbocycles. The number of carbonyl (C=O) groups excluding carboxylic acids is 4. The fourth-order valence-corrected chi connectivity index (χ4v) is 4.51. The second kappa shape index (κ2) is 11.7. The number of nitrogens with zero attached hydrogens (tertiary/aromatic N) is 3. The molecule has 0 radical (unpaired) electrons. The number of hydrogen-bond donors (Lipinski definition) is 2. The maximum absolute atomic E-state index is 13.6. The number of nitrogens with one attached hydrogen (secondary N) is 2. The number of unbranched alkanes of at least 4 members (excludes halogenated alkanes) is 1. The zero-order valence-electron chi connectivity index (χ0n) is 20.0. The zero-order valence-corrected chi connectivity index (χ0v) is 20.0. The molecule has 2 heterocycles. The predicted molar refractivity (Wildman–Crippen MR) is 127 cm³/mol. The van der Waals surface area contributed by atoms with E-state index in [2.05, 4.69) is 22.5 Å². The molecule has 186 valence electrons. The van der Waals surface area contributed by atoms with Crippen LogP contribution in [0.3, 0.4) is 0 Å². The van der Waals surface area contributed by atoms with Gasteiger partial charge in [-0.25, -0.2) is 4.79 Å². The van der Waals surface area contributed by atoms with Crippen molar-refractivity contribution >= 4 is 29.5 Å². The van der Waals surface area contributed by atoms with Crippen LogP contribution < -0.4 is 15.5 Å². The lowest BCUT2D eigenvalue weighted by Crippen LogP contribution is -2.58. The Morgan fingerprint density at radius 3 is 2.41 bits per heavy atom. The lowest BCUT2D eigenvalue weighted by Gasteiger charge is -2.43. The van der Waals surface area contributed by atoms with Crippen molar-refractivity contribution in [2.24, 2.45) is 0 Å². The molecule has 2 aliphatic heterocycles. The van der Waals surface area contributed by atoms with E-state index in [0.29, 0.717) is 39.1 Å². The summed E-state index contributed by atoms with van der Waals surface area (Å²) >= 11 is 0. The number of amides is 4. The molecule has 2 aliphatic rings. The molecule has 1 aromatic rings. The van der Waals surface area contributed by atoms with Crippen LogP contribution in [0.1, 0.15) is 39.5 Å². The van der Waals surface area contributed by atoms with Gasteiger partial charge in [-0.15, -0.1) is 0 Å². The van der Waals surface area contributed by atoms with Crippen LogP contribution in [0.15, 0.2) is 30.3 Å². The standard InChI is InChI=1S/C24H35N5O5/c1-3-5-13-25-20(30)17-28-18-29(19-9-7-6-8-10-19)24(22(28)32)11-14-27(15-12-24)23(33)26-16-21(31)34-4-2/h6-10H,3-5,11-18H2,1-2H3,(H,25,30)(H,26,33). The van der Waals surface area contributed by atoms with E-state index in [4.69, 9.17) is 4.74 Å². The molecule has 0 unspecified atom stereocenters. The zero-order chi connectivity index (χ0) is 24.6. The quantitative estimate of drug-likeness (QED) is 0.413. The first-order chi connectivity index (χ1) is 16.4. The topological polar surface area (TPSA) is 111 Å². The summed E-state index contributed by atoms with van der Waals surface area (Å²) in [6.07, 6.45) is 2.74. The van der Waals surface area contributed by atoms with Gasteiger partial charge >= 0.3 is 12.0 Å². The van der Waals surface area contributed by atoms with E-state index >= 15 is 0 Å². The van der Waals surface area contributed by atoms with Crippen molar-refractivity contribution in [3.8, 4) is 0 Å². The van der Waals surface area contributed by atoms with Crippen LogP contribution in [0.5, 0.6) is 0 Å². The minimum atomic E-state index is -0.816. The van der Waals surface area contributed by atoms with Gasteiger partial charge in [0.15, 0.2) is 0 Å². The van der Waals surface area contributed by atoms with Gasteiger partial charge in [0.2, 0.25) is 5.91 Å². The smallest absolute Gasteiger partial charge is 0.325 e. The number of para-hydroxylation sites is 1. The number of esters is 1. The van der Waals surface area contributed by atoms with E-state index in [-0.39, 0.29) is 37.5 Å². The molecule has 0 bridgehead atoms. The molecule has 0 atom stereocenters. The van der Waals surface area contributed by atoms with E-state index in [1.807, 2.05) is 30.3 Å². The molecular weight excluding hydrogens is 438 g/mol. The summed E-state index contributed by atoms with van der Waals surface area (Å²) in [5.41, 5.74) is 0.0909. The summed E-state index contributed by atoms with van der Waals surface area (Å²) < 4.78 is 4.85. The molecule has 0 aromatic heterocycles. The molecule has 0 saturated carbocycles. The SMILES string of the molecule is CCCCNC(=O)CN1CN(c2ccccc2)C2(CCN(C(=O)NCC(=O)OCC)CC2)C1=O. The second-order valence-corrected chi connectivity index (χ2v) is 8.59. The summed E-state index contributed by atoms with van der Waals surface area (Å²) in [5, 5.41) is 5.46. The summed E-state index contributed by atoms with van der Waals surface area (Å²) in [4.78, 5) is 55.4. The Kier molecular flexibility index (Phi) is 8.72. The Bertz CT molecular complexity index is 870. The number of likely N-dealkylation sites (tertiary alicyclic amines) is 1. The average molecular weight is 474 g/mol. The van der Waals surface area contributed by atoms with Gasteiger partial charge in [-0.05, 0) is 38.3 Å². The third-order valence-electron chi connectivity index (χ3n) is 6.34. The summed E-state index contributed by atoms with van der Waals surface area (Å²) in [5.74, 6) is -0.741. The Morgan fingerprint density at radius 1 is 1.06 bits per heavy atom. The predicted octanol–water partition coefficient (Wildman–Crippen LogP) is 1.32. The van der Waals surface area contributed by atoms with Crippen molar-refractivity contribution < 1.29 is 23.9 Å². The molecule has 3 rings (SSSR count). The van der Waals surface area contributed by atoms with Crippen molar-refractivity contribution in [3.05, 3.63) is 30.3 Å². The Labute approximate surface area is 200 Å². The second-order valence-electron chi connectivity index (χ2n) is 8.59. The molecule has 2 saturated heterocycles. The third kappa shape index (κ3) is 5.78. The molecule has 10 heteroatoms. The average Bonchev–Trinajstić information content (AvgIpc) is 3.10. The normalized spacial score (nSPS) is 17.1. The number of ether oxygens (including phenoxy) is 1. The molecule has 2 fully saturated rings. The Morgan fingerprint density at radius 2 is 1.76 bits per heavy atom. The van der Waals surface area contributed by atoms with Crippen LogP contribution >= 0.6 is 0 Å². The summed E-state index contributed by atoms with van der Waals surface area (Å²) in [6.45, 7) is 5.48. The molecule has 1 spiro atoms. The minimum absolute atomic E-state index is 0.0113. The van der Waals surface area contributed by atoms with Gasteiger partial charge in [-0.2, -0.15) is 0 Å². The molecule has 10 nitrogen and oxygen atoms in total.